The molecule has 0 saturated heterocycles. The van der Waals surface area contributed by atoms with E-state index in [-0.39, 0.29) is 11.4 Å². The zero-order valence-electron chi connectivity index (χ0n) is 10.7. The Kier molecular flexibility index (Phi) is 4.66. The number of hydrogen-bond acceptors (Lipinski definition) is 5. The van der Waals surface area contributed by atoms with E-state index in [4.69, 9.17) is 17.4 Å². The number of nitrogens with one attached hydrogen (secondary N) is 1. The lowest BCUT2D eigenvalue weighted by molar-refractivity contribution is 0.470. The summed E-state index contributed by atoms with van der Waals surface area (Å²) < 4.78 is 27.0. The van der Waals surface area contributed by atoms with Crippen molar-refractivity contribution in [3.8, 4) is 0 Å². The normalized spacial score (nSPS) is 11.8. The zero-order valence-corrected chi connectivity index (χ0v) is 13.1. The number of nitrogens with zero attached hydrogens (tertiary/aromatic N) is 1. The van der Waals surface area contributed by atoms with Crippen LogP contribution < -0.4 is 11.3 Å². The molecular weight excluding hydrogens is 318 g/mol. The number of benzene rings is 1. The molecule has 3 N–H and O–H groups in total. The van der Waals surface area contributed by atoms with E-state index in [2.05, 4.69) is 5.43 Å². The minimum Gasteiger partial charge on any atom is -0.323 e. The molecule has 0 aliphatic rings. The van der Waals surface area contributed by atoms with E-state index < -0.39 is 10.0 Å². The molecule has 0 saturated carbocycles. The Balaban J connectivity index is 2.29. The van der Waals surface area contributed by atoms with Crippen molar-refractivity contribution in [2.24, 2.45) is 5.84 Å². The minimum absolute atomic E-state index is 0.146. The van der Waals surface area contributed by atoms with Crippen LogP contribution >= 0.6 is 22.9 Å². The Bertz CT molecular complexity index is 700. The number of anilines is 1. The molecule has 0 aliphatic carbocycles. The highest BCUT2D eigenvalue weighted by Crippen LogP contribution is 2.27. The van der Waals surface area contributed by atoms with Gasteiger partial charge >= 0.3 is 0 Å². The van der Waals surface area contributed by atoms with Crippen molar-refractivity contribution in [2.45, 2.75) is 11.4 Å². The van der Waals surface area contributed by atoms with Crippen LogP contribution in [0.4, 0.5) is 5.69 Å². The van der Waals surface area contributed by atoms with E-state index in [1.165, 1.54) is 28.8 Å². The lowest BCUT2D eigenvalue weighted by atomic mass is 10.3. The van der Waals surface area contributed by atoms with Crippen molar-refractivity contribution in [3.63, 3.8) is 0 Å². The van der Waals surface area contributed by atoms with Crippen LogP contribution in [0.5, 0.6) is 0 Å². The average molecular weight is 332 g/mol. The van der Waals surface area contributed by atoms with E-state index >= 15 is 0 Å². The number of sulfonamides is 1. The molecule has 108 valence electrons. The highest BCUT2D eigenvalue weighted by molar-refractivity contribution is 7.89. The molecular formula is C12H14ClN3O2S2. The summed E-state index contributed by atoms with van der Waals surface area (Å²) in [6.07, 6.45) is 0. The van der Waals surface area contributed by atoms with Gasteiger partial charge in [-0.05, 0) is 24.3 Å². The van der Waals surface area contributed by atoms with Crippen LogP contribution in [0.1, 0.15) is 4.88 Å². The number of thiophene rings is 1. The summed E-state index contributed by atoms with van der Waals surface area (Å²) in [5, 5.41) is 0. The van der Waals surface area contributed by atoms with Crippen LogP contribution in [-0.2, 0) is 16.6 Å². The molecule has 1 heterocycles. The fourth-order valence-corrected chi connectivity index (χ4v) is 4.24. The number of rotatable bonds is 5. The third-order valence-electron chi connectivity index (χ3n) is 2.74. The fourth-order valence-electron chi connectivity index (χ4n) is 1.72. The van der Waals surface area contributed by atoms with E-state index in [0.717, 1.165) is 4.88 Å². The van der Waals surface area contributed by atoms with Gasteiger partial charge in [-0.2, -0.15) is 4.31 Å². The summed E-state index contributed by atoms with van der Waals surface area (Å²) in [7, 11) is -2.09. The van der Waals surface area contributed by atoms with Crippen LogP contribution in [-0.4, -0.2) is 19.8 Å². The maximum Gasteiger partial charge on any atom is 0.245 e. The van der Waals surface area contributed by atoms with Gasteiger partial charge in [-0.25, -0.2) is 8.42 Å². The van der Waals surface area contributed by atoms with Crippen LogP contribution in [0.2, 0.25) is 4.34 Å². The molecule has 0 fully saturated rings. The average Bonchev–Trinajstić information content (AvgIpc) is 2.84. The van der Waals surface area contributed by atoms with Crippen LogP contribution in [0.25, 0.3) is 0 Å². The van der Waals surface area contributed by atoms with Crippen LogP contribution in [0.3, 0.4) is 0 Å². The van der Waals surface area contributed by atoms with Crippen LogP contribution in [0.15, 0.2) is 41.3 Å². The number of hydrazine groups is 1. The van der Waals surface area contributed by atoms with Crippen LogP contribution in [0, 0.1) is 0 Å². The molecule has 5 nitrogen and oxygen atoms in total. The van der Waals surface area contributed by atoms with Gasteiger partial charge in [0.2, 0.25) is 10.0 Å². The van der Waals surface area contributed by atoms with Crippen molar-refractivity contribution in [2.75, 3.05) is 12.5 Å². The standard InChI is InChI=1S/C12H14ClN3O2S2/c1-16(8-9-6-7-12(13)19-9)20(17,18)11-5-3-2-4-10(11)15-14/h2-7,15H,8,14H2,1H3. The Morgan fingerprint density at radius 3 is 2.60 bits per heavy atom. The van der Waals surface area contributed by atoms with E-state index in [1.807, 2.05) is 6.07 Å². The molecule has 2 aromatic rings. The number of halogens is 1. The molecule has 0 spiro atoms. The van der Waals surface area contributed by atoms with Gasteiger partial charge in [0.25, 0.3) is 0 Å². The van der Waals surface area contributed by atoms with Crippen molar-refractivity contribution in [1.29, 1.82) is 0 Å². The van der Waals surface area contributed by atoms with Gasteiger partial charge in [0.05, 0.1) is 10.0 Å². The monoisotopic (exact) mass is 331 g/mol. The summed E-state index contributed by atoms with van der Waals surface area (Å²) in [5.74, 6) is 5.36. The number of hydrogen-bond donors (Lipinski definition) is 2. The Morgan fingerprint density at radius 2 is 2.00 bits per heavy atom. The summed E-state index contributed by atoms with van der Waals surface area (Å²) in [5.41, 5.74) is 2.76. The Morgan fingerprint density at radius 1 is 1.30 bits per heavy atom. The molecule has 0 radical (unpaired) electrons. The smallest absolute Gasteiger partial charge is 0.245 e. The maximum atomic E-state index is 12.5. The molecule has 0 aliphatic heterocycles. The summed E-state index contributed by atoms with van der Waals surface area (Å²) in [4.78, 5) is 1.02. The minimum atomic E-state index is -3.62. The van der Waals surface area contributed by atoms with Crippen molar-refractivity contribution in [3.05, 3.63) is 45.6 Å². The molecule has 1 aromatic heterocycles. The fraction of sp³-hybridized carbons (Fsp3) is 0.167. The summed E-state index contributed by atoms with van der Waals surface area (Å²) >= 11 is 7.20. The molecule has 8 heteroatoms. The number of para-hydroxylation sites is 1. The second-order valence-corrected chi connectivity index (χ2v) is 7.92. The van der Waals surface area contributed by atoms with Gasteiger partial charge in [0, 0.05) is 18.5 Å². The molecule has 0 bridgehead atoms. The van der Waals surface area contributed by atoms with Crippen molar-refractivity contribution >= 4 is 38.6 Å². The summed E-state index contributed by atoms with van der Waals surface area (Å²) in [6, 6.07) is 10.1. The van der Waals surface area contributed by atoms with Crippen molar-refractivity contribution < 1.29 is 8.42 Å². The highest BCUT2D eigenvalue weighted by Gasteiger charge is 2.24. The molecule has 0 amide bonds. The molecule has 0 atom stereocenters. The second-order valence-electron chi connectivity index (χ2n) is 4.11. The summed E-state index contributed by atoms with van der Waals surface area (Å²) in [6.45, 7) is 0.263. The molecule has 2 rings (SSSR count). The van der Waals surface area contributed by atoms with Gasteiger partial charge in [0.1, 0.15) is 4.90 Å². The third kappa shape index (κ3) is 3.13. The van der Waals surface area contributed by atoms with E-state index in [9.17, 15) is 8.42 Å². The van der Waals surface area contributed by atoms with E-state index in [0.29, 0.717) is 10.0 Å². The first kappa shape index (κ1) is 15.3. The van der Waals surface area contributed by atoms with Gasteiger partial charge in [-0.1, -0.05) is 23.7 Å². The van der Waals surface area contributed by atoms with Gasteiger partial charge in [-0.15, -0.1) is 11.3 Å². The predicted octanol–water partition coefficient (Wildman–Crippen LogP) is 2.51. The van der Waals surface area contributed by atoms with Gasteiger partial charge in [-0.3, -0.25) is 5.84 Å². The first-order valence-corrected chi connectivity index (χ1v) is 8.35. The van der Waals surface area contributed by atoms with E-state index in [1.54, 1.807) is 24.3 Å². The quantitative estimate of drug-likeness (QED) is 0.652. The Labute approximate surface area is 127 Å². The predicted molar refractivity (Wildman–Crippen MR) is 82.2 cm³/mol. The molecule has 20 heavy (non-hydrogen) atoms. The SMILES string of the molecule is CN(Cc1ccc(Cl)s1)S(=O)(=O)c1ccccc1NN. The number of nitrogen functional groups attached to an aromatic ring is 1. The highest BCUT2D eigenvalue weighted by atomic mass is 35.5. The first-order chi connectivity index (χ1) is 9.45. The number of nitrogens with two attached hydrogens (primary N) is 1. The zero-order chi connectivity index (χ0) is 14.8. The van der Waals surface area contributed by atoms with Gasteiger partial charge in [0.15, 0.2) is 0 Å². The lowest BCUT2D eigenvalue weighted by Crippen LogP contribution is -2.27. The van der Waals surface area contributed by atoms with Gasteiger partial charge < -0.3 is 5.43 Å². The second kappa shape index (κ2) is 6.11. The third-order valence-corrected chi connectivity index (χ3v) is 5.82. The first-order valence-electron chi connectivity index (χ1n) is 5.71. The Hall–Kier alpha value is -1.12. The molecule has 0 unspecified atom stereocenters. The largest absolute Gasteiger partial charge is 0.323 e. The topological polar surface area (TPSA) is 75.4 Å². The lowest BCUT2D eigenvalue weighted by Gasteiger charge is -2.18. The maximum absolute atomic E-state index is 12.5. The van der Waals surface area contributed by atoms with Crippen molar-refractivity contribution in [1.82, 2.24) is 4.31 Å². The molecule has 1 aromatic carbocycles.